The maximum absolute atomic E-state index is 12.5. The van der Waals surface area contributed by atoms with Crippen LogP contribution in [0.2, 0.25) is 0 Å². The number of halogens is 4. The molecular weight excluding hydrogens is 471 g/mol. The van der Waals surface area contributed by atoms with Crippen molar-refractivity contribution in [2.24, 2.45) is 0 Å². The van der Waals surface area contributed by atoms with Crippen LogP contribution in [0.25, 0.3) is 0 Å². The maximum atomic E-state index is 12.5. The van der Waals surface area contributed by atoms with Crippen LogP contribution in [0, 0.1) is 0 Å². The maximum Gasteiger partial charge on any atom is 0.573 e. The molecule has 0 aliphatic carbocycles. The summed E-state index contributed by atoms with van der Waals surface area (Å²) in [7, 11) is 0. The van der Waals surface area contributed by atoms with E-state index in [1.165, 1.54) is 18.3 Å². The molecule has 2 atom stereocenters. The standard InChI is InChI=1S/C19H17BrF3N3O4/c20-16-5-11(6-24-17(16)26-7-15-10-28-8-13(26)9-29-15)18(27)25-12-1-3-14(4-2-12)30-19(21,22)23/h1-6,13,15H,7-10H2,(H,25,27). The van der Waals surface area contributed by atoms with Gasteiger partial charge < -0.3 is 24.4 Å². The van der Waals surface area contributed by atoms with Crippen LogP contribution >= 0.6 is 15.9 Å². The number of nitrogens with zero attached hydrogens (tertiary/aromatic N) is 2. The average Bonchev–Trinajstić information content (AvgIpc) is 3.04. The topological polar surface area (TPSA) is 72.9 Å². The van der Waals surface area contributed by atoms with Gasteiger partial charge in [-0.2, -0.15) is 0 Å². The predicted octanol–water partition coefficient (Wildman–Crippen LogP) is 3.60. The lowest BCUT2D eigenvalue weighted by molar-refractivity contribution is -0.274. The van der Waals surface area contributed by atoms with Crippen LogP contribution in [-0.2, 0) is 9.47 Å². The third-order valence-electron chi connectivity index (χ3n) is 4.68. The molecule has 3 aliphatic rings. The van der Waals surface area contributed by atoms with E-state index in [0.717, 1.165) is 12.1 Å². The number of aromatic nitrogens is 1. The number of ether oxygens (including phenoxy) is 3. The van der Waals surface area contributed by atoms with Gasteiger partial charge in [-0.1, -0.05) is 0 Å². The Hall–Kier alpha value is -2.37. The summed E-state index contributed by atoms with van der Waals surface area (Å²) in [4.78, 5) is 19.1. The van der Waals surface area contributed by atoms with E-state index in [1.807, 2.05) is 0 Å². The molecule has 2 bridgehead atoms. The third-order valence-corrected chi connectivity index (χ3v) is 5.26. The lowest BCUT2D eigenvalue weighted by Gasteiger charge is -2.36. The van der Waals surface area contributed by atoms with Crippen molar-refractivity contribution in [3.63, 3.8) is 0 Å². The Balaban J connectivity index is 1.44. The SMILES string of the molecule is O=C(Nc1ccc(OC(F)(F)F)cc1)c1cnc(N2CC3COCC2CO3)c(Br)c1. The molecule has 160 valence electrons. The fourth-order valence-corrected chi connectivity index (χ4v) is 3.88. The Morgan fingerprint density at radius 1 is 1.23 bits per heavy atom. The summed E-state index contributed by atoms with van der Waals surface area (Å²) in [6.45, 7) is 2.28. The number of carbonyl (C=O) groups excluding carboxylic acids is 1. The Kier molecular flexibility index (Phi) is 5.85. The van der Waals surface area contributed by atoms with Crippen LogP contribution in [0.15, 0.2) is 41.0 Å². The summed E-state index contributed by atoms with van der Waals surface area (Å²) in [5.74, 6) is -0.110. The van der Waals surface area contributed by atoms with E-state index < -0.39 is 12.3 Å². The fraction of sp³-hybridized carbons (Fsp3) is 0.368. The highest BCUT2D eigenvalue weighted by atomic mass is 79.9. The average molecular weight is 488 g/mol. The van der Waals surface area contributed by atoms with Crippen molar-refractivity contribution >= 4 is 33.3 Å². The normalized spacial score (nSPS) is 21.3. The number of pyridine rings is 1. The number of amides is 1. The van der Waals surface area contributed by atoms with Gasteiger partial charge in [-0.25, -0.2) is 4.98 Å². The number of anilines is 2. The molecule has 7 nitrogen and oxygen atoms in total. The predicted molar refractivity (Wildman–Crippen MR) is 105 cm³/mol. The summed E-state index contributed by atoms with van der Waals surface area (Å²) >= 11 is 3.48. The van der Waals surface area contributed by atoms with Crippen LogP contribution in [0.3, 0.4) is 0 Å². The van der Waals surface area contributed by atoms with Crippen molar-refractivity contribution in [3.8, 4) is 5.75 Å². The van der Waals surface area contributed by atoms with Gasteiger partial charge in [-0.05, 0) is 46.3 Å². The van der Waals surface area contributed by atoms with Crippen LogP contribution in [0.1, 0.15) is 10.4 Å². The first kappa shape index (κ1) is 20.9. The zero-order valence-electron chi connectivity index (χ0n) is 15.5. The van der Waals surface area contributed by atoms with E-state index in [1.54, 1.807) is 6.07 Å². The molecule has 1 aromatic carbocycles. The first-order valence-electron chi connectivity index (χ1n) is 9.07. The molecule has 0 radical (unpaired) electrons. The molecule has 1 aromatic heterocycles. The Morgan fingerprint density at radius 3 is 2.70 bits per heavy atom. The summed E-state index contributed by atoms with van der Waals surface area (Å²) in [6, 6.07) is 6.59. The number of hydrogen-bond acceptors (Lipinski definition) is 6. The summed E-state index contributed by atoms with van der Waals surface area (Å²) in [5.41, 5.74) is 0.627. The molecule has 0 saturated carbocycles. The van der Waals surface area contributed by atoms with E-state index in [4.69, 9.17) is 9.47 Å². The Bertz CT molecular complexity index is 922. The quantitative estimate of drug-likeness (QED) is 0.710. The highest BCUT2D eigenvalue weighted by molar-refractivity contribution is 9.10. The number of fused-ring (bicyclic) bond motifs is 4. The second-order valence-electron chi connectivity index (χ2n) is 6.85. The zero-order valence-corrected chi connectivity index (χ0v) is 17.1. The van der Waals surface area contributed by atoms with Gasteiger partial charge in [-0.15, -0.1) is 13.2 Å². The van der Waals surface area contributed by atoms with Gasteiger partial charge in [0.05, 0.1) is 42.0 Å². The molecule has 3 aliphatic heterocycles. The van der Waals surface area contributed by atoms with Crippen LogP contribution in [0.5, 0.6) is 5.75 Å². The van der Waals surface area contributed by atoms with Crippen LogP contribution in [-0.4, -0.2) is 55.8 Å². The summed E-state index contributed by atoms with van der Waals surface area (Å²) in [6.07, 6.45) is -3.34. The van der Waals surface area contributed by atoms with Crippen molar-refractivity contribution in [1.29, 1.82) is 0 Å². The van der Waals surface area contributed by atoms with E-state index in [2.05, 4.69) is 35.9 Å². The molecule has 3 saturated heterocycles. The first-order chi connectivity index (χ1) is 14.3. The lowest BCUT2D eigenvalue weighted by atomic mass is 10.2. The Morgan fingerprint density at radius 2 is 2.00 bits per heavy atom. The van der Waals surface area contributed by atoms with Crippen LogP contribution in [0.4, 0.5) is 24.7 Å². The molecule has 2 unspecified atom stereocenters. The van der Waals surface area contributed by atoms with E-state index in [0.29, 0.717) is 47.9 Å². The van der Waals surface area contributed by atoms with E-state index in [-0.39, 0.29) is 17.9 Å². The van der Waals surface area contributed by atoms with Crippen molar-refractivity contribution in [3.05, 3.63) is 46.6 Å². The largest absolute Gasteiger partial charge is 0.573 e. The molecule has 30 heavy (non-hydrogen) atoms. The number of rotatable bonds is 4. The minimum absolute atomic E-state index is 0.0234. The molecule has 1 N–H and O–H groups in total. The molecule has 5 rings (SSSR count). The van der Waals surface area contributed by atoms with Gasteiger partial charge in [0, 0.05) is 18.4 Å². The number of benzene rings is 1. The van der Waals surface area contributed by atoms with Gasteiger partial charge in [0.1, 0.15) is 11.6 Å². The minimum Gasteiger partial charge on any atom is -0.406 e. The Labute approximate surface area is 178 Å². The summed E-state index contributed by atoms with van der Waals surface area (Å²) in [5, 5.41) is 2.62. The number of nitrogens with one attached hydrogen (secondary N) is 1. The number of hydrogen-bond donors (Lipinski definition) is 1. The highest BCUT2D eigenvalue weighted by Crippen LogP contribution is 2.30. The number of morpholine rings is 1. The van der Waals surface area contributed by atoms with E-state index >= 15 is 0 Å². The molecule has 4 heterocycles. The molecule has 0 spiro atoms. The van der Waals surface area contributed by atoms with Gasteiger partial charge >= 0.3 is 6.36 Å². The van der Waals surface area contributed by atoms with Crippen molar-refractivity contribution in [1.82, 2.24) is 4.98 Å². The number of carbonyl (C=O) groups is 1. The highest BCUT2D eigenvalue weighted by Gasteiger charge is 2.34. The second kappa shape index (κ2) is 8.40. The van der Waals surface area contributed by atoms with Gasteiger partial charge in [0.15, 0.2) is 0 Å². The molecule has 2 aromatic rings. The van der Waals surface area contributed by atoms with Gasteiger partial charge in [0.25, 0.3) is 5.91 Å². The van der Waals surface area contributed by atoms with Crippen molar-refractivity contribution in [2.45, 2.75) is 18.5 Å². The monoisotopic (exact) mass is 487 g/mol. The smallest absolute Gasteiger partial charge is 0.406 e. The molecule has 1 amide bonds. The van der Waals surface area contributed by atoms with Gasteiger partial charge in [0.2, 0.25) is 0 Å². The van der Waals surface area contributed by atoms with Crippen molar-refractivity contribution in [2.75, 3.05) is 36.6 Å². The van der Waals surface area contributed by atoms with Gasteiger partial charge in [-0.3, -0.25) is 4.79 Å². The minimum atomic E-state index is -4.77. The lowest BCUT2D eigenvalue weighted by Crippen LogP contribution is -2.49. The molecule has 3 fully saturated rings. The van der Waals surface area contributed by atoms with E-state index in [9.17, 15) is 18.0 Å². The second-order valence-corrected chi connectivity index (χ2v) is 7.71. The third kappa shape index (κ3) is 4.85. The fourth-order valence-electron chi connectivity index (χ4n) is 3.30. The summed E-state index contributed by atoms with van der Waals surface area (Å²) < 4.78 is 52.5. The zero-order chi connectivity index (χ0) is 21.3. The first-order valence-corrected chi connectivity index (χ1v) is 9.86. The van der Waals surface area contributed by atoms with Crippen molar-refractivity contribution < 1.29 is 32.2 Å². The molecular formula is C19H17BrF3N3O4. The van der Waals surface area contributed by atoms with Crippen LogP contribution < -0.4 is 15.0 Å². The number of alkyl halides is 3. The molecule has 11 heteroatoms.